The first-order valence-corrected chi connectivity index (χ1v) is 6.09. The highest BCUT2D eigenvalue weighted by molar-refractivity contribution is 5.64. The van der Waals surface area contributed by atoms with Crippen LogP contribution in [0.5, 0.6) is 0 Å². The number of rotatable bonds is 3. The largest absolute Gasteiger partial charge is 0.455 e. The lowest BCUT2D eigenvalue weighted by Crippen LogP contribution is -2.45. The zero-order valence-electron chi connectivity index (χ0n) is 10.7. The minimum absolute atomic E-state index is 0.265. The maximum absolute atomic E-state index is 13.3. The Morgan fingerprint density at radius 2 is 1.33 bits per heavy atom. The Bertz CT molecular complexity index is 607. The van der Waals surface area contributed by atoms with Gasteiger partial charge < -0.3 is 5.73 Å². The molecule has 0 aliphatic heterocycles. The number of halogens is 5. The van der Waals surface area contributed by atoms with Gasteiger partial charge in [-0.05, 0) is 22.8 Å². The molecule has 21 heavy (non-hydrogen) atoms. The molecule has 2 aromatic rings. The third-order valence-corrected chi connectivity index (χ3v) is 3.12. The summed E-state index contributed by atoms with van der Waals surface area (Å²) < 4.78 is 63.7. The van der Waals surface area contributed by atoms with Crippen molar-refractivity contribution in [3.63, 3.8) is 0 Å². The molecule has 0 aromatic heterocycles. The maximum atomic E-state index is 13.3. The van der Waals surface area contributed by atoms with Gasteiger partial charge in [-0.2, -0.15) is 22.0 Å². The second-order valence-electron chi connectivity index (χ2n) is 4.59. The van der Waals surface area contributed by atoms with Gasteiger partial charge in [0.15, 0.2) is 0 Å². The van der Waals surface area contributed by atoms with Crippen LogP contribution >= 0.6 is 0 Å². The standard InChI is InChI=1S/C15H12F5N/c16-14(17,15(18,19)20)13(21)12-8-4-7-11(9-12)10-5-2-1-3-6-10/h1-9,13H,21H2/t13-/m1/s1. The van der Waals surface area contributed by atoms with E-state index >= 15 is 0 Å². The fraction of sp³-hybridized carbons (Fsp3) is 0.200. The topological polar surface area (TPSA) is 26.0 Å². The second kappa shape index (κ2) is 5.44. The molecular weight excluding hydrogens is 289 g/mol. The van der Waals surface area contributed by atoms with E-state index in [0.29, 0.717) is 11.1 Å². The molecule has 0 unspecified atom stereocenters. The number of nitrogens with two attached hydrogens (primary N) is 1. The van der Waals surface area contributed by atoms with Crippen molar-refractivity contribution in [2.45, 2.75) is 18.1 Å². The molecule has 2 rings (SSSR count). The molecule has 1 atom stereocenters. The molecule has 0 spiro atoms. The molecule has 6 heteroatoms. The summed E-state index contributed by atoms with van der Waals surface area (Å²) >= 11 is 0. The van der Waals surface area contributed by atoms with Gasteiger partial charge in [-0.3, -0.25) is 0 Å². The van der Waals surface area contributed by atoms with Gasteiger partial charge in [-0.25, -0.2) is 0 Å². The van der Waals surface area contributed by atoms with Crippen molar-refractivity contribution >= 4 is 0 Å². The van der Waals surface area contributed by atoms with Gasteiger partial charge in [0.2, 0.25) is 0 Å². The van der Waals surface area contributed by atoms with Crippen LogP contribution in [0, 0.1) is 0 Å². The molecule has 0 saturated carbocycles. The van der Waals surface area contributed by atoms with E-state index in [1.165, 1.54) is 12.1 Å². The highest BCUT2D eigenvalue weighted by atomic mass is 19.4. The van der Waals surface area contributed by atoms with Crippen LogP contribution in [0.4, 0.5) is 22.0 Å². The van der Waals surface area contributed by atoms with Crippen LogP contribution in [-0.4, -0.2) is 12.1 Å². The van der Waals surface area contributed by atoms with Gasteiger partial charge in [0.1, 0.15) is 6.04 Å². The van der Waals surface area contributed by atoms with E-state index in [1.54, 1.807) is 36.4 Å². The van der Waals surface area contributed by atoms with E-state index in [4.69, 9.17) is 5.73 Å². The van der Waals surface area contributed by atoms with Gasteiger partial charge in [-0.1, -0.05) is 48.5 Å². The lowest BCUT2D eigenvalue weighted by molar-refractivity contribution is -0.291. The van der Waals surface area contributed by atoms with E-state index in [-0.39, 0.29) is 5.56 Å². The van der Waals surface area contributed by atoms with Crippen molar-refractivity contribution in [3.8, 4) is 11.1 Å². The molecule has 0 saturated heterocycles. The highest BCUT2D eigenvalue weighted by Crippen LogP contribution is 2.43. The molecule has 0 heterocycles. The van der Waals surface area contributed by atoms with E-state index in [0.717, 1.165) is 6.07 Å². The third kappa shape index (κ3) is 3.05. The Hall–Kier alpha value is -1.95. The molecule has 0 aliphatic carbocycles. The lowest BCUT2D eigenvalue weighted by Gasteiger charge is -2.26. The molecule has 0 amide bonds. The predicted octanol–water partition coefficient (Wildman–Crippen LogP) is 4.55. The maximum Gasteiger partial charge on any atom is 0.455 e. The van der Waals surface area contributed by atoms with E-state index in [1.807, 2.05) is 0 Å². The average molecular weight is 301 g/mol. The van der Waals surface area contributed by atoms with Crippen molar-refractivity contribution in [1.29, 1.82) is 0 Å². The molecule has 2 aromatic carbocycles. The fourth-order valence-electron chi connectivity index (χ4n) is 1.93. The predicted molar refractivity (Wildman–Crippen MR) is 69.8 cm³/mol. The van der Waals surface area contributed by atoms with Gasteiger partial charge in [0.25, 0.3) is 0 Å². The molecule has 0 radical (unpaired) electrons. The molecule has 1 nitrogen and oxygen atoms in total. The van der Waals surface area contributed by atoms with Crippen molar-refractivity contribution in [3.05, 3.63) is 60.2 Å². The van der Waals surface area contributed by atoms with Crippen molar-refractivity contribution in [1.82, 2.24) is 0 Å². The first kappa shape index (κ1) is 15.4. The molecular formula is C15H12F5N. The van der Waals surface area contributed by atoms with E-state index < -0.39 is 18.1 Å². The Morgan fingerprint density at radius 3 is 1.90 bits per heavy atom. The zero-order chi connectivity index (χ0) is 15.7. The molecule has 0 fully saturated rings. The number of hydrogen-bond donors (Lipinski definition) is 1. The van der Waals surface area contributed by atoms with Gasteiger partial charge in [-0.15, -0.1) is 0 Å². The Balaban J connectivity index is 2.38. The number of hydrogen-bond acceptors (Lipinski definition) is 1. The summed E-state index contributed by atoms with van der Waals surface area (Å²) in [7, 11) is 0. The fourth-order valence-corrected chi connectivity index (χ4v) is 1.93. The number of alkyl halides is 5. The van der Waals surface area contributed by atoms with Gasteiger partial charge in [0.05, 0.1) is 0 Å². The van der Waals surface area contributed by atoms with Crippen molar-refractivity contribution in [2.75, 3.05) is 0 Å². The Morgan fingerprint density at radius 1 is 0.762 bits per heavy atom. The van der Waals surface area contributed by atoms with Crippen LogP contribution in [0.25, 0.3) is 11.1 Å². The molecule has 112 valence electrons. The highest BCUT2D eigenvalue weighted by Gasteiger charge is 2.61. The molecule has 0 bridgehead atoms. The third-order valence-electron chi connectivity index (χ3n) is 3.12. The summed E-state index contributed by atoms with van der Waals surface area (Å²) in [6.07, 6.45) is -5.69. The minimum atomic E-state index is -5.69. The van der Waals surface area contributed by atoms with Crippen LogP contribution in [0.3, 0.4) is 0 Å². The van der Waals surface area contributed by atoms with Crippen molar-refractivity contribution < 1.29 is 22.0 Å². The lowest BCUT2D eigenvalue weighted by atomic mass is 9.96. The Labute approximate surface area is 118 Å². The Kier molecular flexibility index (Phi) is 4.00. The molecule has 0 aliphatic rings. The normalized spacial score (nSPS) is 14.0. The summed E-state index contributed by atoms with van der Waals surface area (Å²) in [6, 6.07) is 11.7. The summed E-state index contributed by atoms with van der Waals surface area (Å²) in [5, 5.41) is 0. The van der Waals surface area contributed by atoms with Crippen molar-refractivity contribution in [2.24, 2.45) is 5.73 Å². The summed E-state index contributed by atoms with van der Waals surface area (Å²) in [5.41, 5.74) is 6.11. The van der Waals surface area contributed by atoms with Crippen LogP contribution in [-0.2, 0) is 0 Å². The first-order chi connectivity index (χ1) is 9.73. The van der Waals surface area contributed by atoms with Crippen LogP contribution in [0.2, 0.25) is 0 Å². The summed E-state index contributed by atoms with van der Waals surface area (Å²) in [4.78, 5) is 0. The smallest absolute Gasteiger partial charge is 0.319 e. The monoisotopic (exact) mass is 301 g/mol. The minimum Gasteiger partial charge on any atom is -0.319 e. The van der Waals surface area contributed by atoms with Crippen LogP contribution in [0.15, 0.2) is 54.6 Å². The second-order valence-corrected chi connectivity index (χ2v) is 4.59. The average Bonchev–Trinajstić information content (AvgIpc) is 2.46. The summed E-state index contributed by atoms with van der Waals surface area (Å²) in [5.74, 6) is -4.98. The summed E-state index contributed by atoms with van der Waals surface area (Å²) in [6.45, 7) is 0. The number of benzene rings is 2. The van der Waals surface area contributed by atoms with Gasteiger partial charge in [0, 0.05) is 0 Å². The van der Waals surface area contributed by atoms with Crippen LogP contribution < -0.4 is 5.73 Å². The van der Waals surface area contributed by atoms with E-state index in [9.17, 15) is 22.0 Å². The van der Waals surface area contributed by atoms with Gasteiger partial charge >= 0.3 is 12.1 Å². The molecule has 2 N–H and O–H groups in total. The van der Waals surface area contributed by atoms with E-state index in [2.05, 4.69) is 0 Å². The first-order valence-electron chi connectivity index (χ1n) is 6.09. The quantitative estimate of drug-likeness (QED) is 0.827. The SMILES string of the molecule is N[C@H](c1cccc(-c2ccccc2)c1)C(F)(F)C(F)(F)F. The van der Waals surface area contributed by atoms with Crippen LogP contribution in [0.1, 0.15) is 11.6 Å². The zero-order valence-corrected chi connectivity index (χ0v) is 10.7.